The standard InChI is InChI=1S/C18H22N2O9/c1-9(21)26-8-13-15(27-10(2)22)16(28-11(3)23)18(29-13)20-7-12(17(19)24)5-6-14(20)25-4/h5-7,13,15-16,18H,8H2,1-4H3,(H-,19,24)/p+1. The Morgan fingerprint density at radius 1 is 1.03 bits per heavy atom. The third kappa shape index (κ3) is 5.41. The van der Waals surface area contributed by atoms with Crippen LogP contribution in [0.25, 0.3) is 0 Å². The van der Waals surface area contributed by atoms with Crippen molar-refractivity contribution >= 4 is 23.8 Å². The number of rotatable bonds is 7. The smallest absolute Gasteiger partial charge is 0.369 e. The molecule has 0 spiro atoms. The molecule has 1 fully saturated rings. The van der Waals surface area contributed by atoms with Crippen molar-refractivity contribution in [3.8, 4) is 5.88 Å². The molecule has 11 heteroatoms. The van der Waals surface area contributed by atoms with Crippen LogP contribution in [-0.4, -0.2) is 55.8 Å². The molecule has 0 radical (unpaired) electrons. The molecule has 2 heterocycles. The fourth-order valence-corrected chi connectivity index (χ4v) is 2.94. The summed E-state index contributed by atoms with van der Waals surface area (Å²) in [7, 11) is 1.39. The third-order valence-electron chi connectivity index (χ3n) is 4.05. The van der Waals surface area contributed by atoms with Crippen LogP contribution in [-0.2, 0) is 33.3 Å². The molecule has 1 saturated heterocycles. The first kappa shape index (κ1) is 22.1. The van der Waals surface area contributed by atoms with Gasteiger partial charge in [0.1, 0.15) is 18.3 Å². The molecular formula is C18H23N2O9+. The average Bonchev–Trinajstić information content (AvgIpc) is 2.95. The van der Waals surface area contributed by atoms with Crippen molar-refractivity contribution in [1.82, 2.24) is 0 Å². The highest BCUT2D eigenvalue weighted by Crippen LogP contribution is 2.32. The van der Waals surface area contributed by atoms with E-state index >= 15 is 0 Å². The molecule has 2 N–H and O–H groups in total. The highest BCUT2D eigenvalue weighted by molar-refractivity contribution is 5.92. The number of ether oxygens (including phenoxy) is 5. The van der Waals surface area contributed by atoms with Gasteiger partial charge in [0.25, 0.3) is 5.91 Å². The summed E-state index contributed by atoms with van der Waals surface area (Å²) in [5.41, 5.74) is 5.49. The normalized spacial score (nSPS) is 23.2. The van der Waals surface area contributed by atoms with E-state index in [1.165, 1.54) is 50.8 Å². The van der Waals surface area contributed by atoms with Crippen molar-refractivity contribution in [3.63, 3.8) is 0 Å². The lowest BCUT2D eigenvalue weighted by Crippen LogP contribution is -2.49. The average molecular weight is 411 g/mol. The highest BCUT2D eigenvalue weighted by Gasteiger charge is 2.55. The predicted molar refractivity (Wildman–Crippen MR) is 93.4 cm³/mol. The number of hydrogen-bond acceptors (Lipinski definition) is 9. The van der Waals surface area contributed by atoms with Crippen molar-refractivity contribution < 1.29 is 47.4 Å². The Morgan fingerprint density at radius 2 is 1.66 bits per heavy atom. The van der Waals surface area contributed by atoms with E-state index in [-0.39, 0.29) is 18.1 Å². The Labute approximate surface area is 166 Å². The van der Waals surface area contributed by atoms with E-state index in [0.29, 0.717) is 0 Å². The zero-order chi connectivity index (χ0) is 21.7. The second kappa shape index (κ2) is 9.32. The number of nitrogens with zero attached hydrogens (tertiary/aromatic N) is 1. The summed E-state index contributed by atoms with van der Waals surface area (Å²) in [5, 5.41) is 0. The molecule has 2 rings (SSSR count). The van der Waals surface area contributed by atoms with Crippen LogP contribution in [0.4, 0.5) is 0 Å². The molecule has 4 atom stereocenters. The predicted octanol–water partition coefficient (Wildman–Crippen LogP) is -0.594. The molecule has 0 aliphatic carbocycles. The third-order valence-corrected chi connectivity index (χ3v) is 4.05. The number of pyridine rings is 1. The SMILES string of the molecule is COc1ccc(C(N)=O)c[n+]1C1OC(COC(C)=O)C(OC(C)=O)C1OC(C)=O. The topological polar surface area (TPSA) is 144 Å². The van der Waals surface area contributed by atoms with E-state index in [4.69, 9.17) is 29.4 Å². The van der Waals surface area contributed by atoms with Crippen LogP contribution in [0.15, 0.2) is 18.3 Å². The number of primary amides is 1. The lowest BCUT2D eigenvalue weighted by atomic mass is 10.1. The Hall–Kier alpha value is -3.21. The van der Waals surface area contributed by atoms with Gasteiger partial charge in [0.2, 0.25) is 6.10 Å². The van der Waals surface area contributed by atoms with Gasteiger partial charge in [0.05, 0.1) is 13.2 Å². The fourth-order valence-electron chi connectivity index (χ4n) is 2.94. The molecule has 1 aromatic rings. The van der Waals surface area contributed by atoms with Gasteiger partial charge in [-0.2, -0.15) is 0 Å². The summed E-state index contributed by atoms with van der Waals surface area (Å²) in [5.74, 6) is -2.31. The van der Waals surface area contributed by atoms with Crippen molar-refractivity contribution in [2.24, 2.45) is 5.73 Å². The summed E-state index contributed by atoms with van der Waals surface area (Å²) in [4.78, 5) is 46.1. The highest BCUT2D eigenvalue weighted by atomic mass is 16.7. The zero-order valence-electron chi connectivity index (χ0n) is 16.4. The Balaban J connectivity index is 2.50. The monoisotopic (exact) mass is 411 g/mol. The number of hydrogen-bond donors (Lipinski definition) is 1. The first-order valence-electron chi connectivity index (χ1n) is 8.66. The lowest BCUT2D eigenvalue weighted by Gasteiger charge is -2.21. The Morgan fingerprint density at radius 3 is 2.17 bits per heavy atom. The lowest BCUT2D eigenvalue weighted by molar-refractivity contribution is -0.768. The van der Waals surface area contributed by atoms with Crippen LogP contribution in [0.1, 0.15) is 37.4 Å². The molecule has 1 amide bonds. The number of aromatic nitrogens is 1. The van der Waals surface area contributed by atoms with Crippen molar-refractivity contribution in [1.29, 1.82) is 0 Å². The van der Waals surface area contributed by atoms with Gasteiger partial charge in [0.15, 0.2) is 12.3 Å². The minimum absolute atomic E-state index is 0.142. The summed E-state index contributed by atoms with van der Waals surface area (Å²) >= 11 is 0. The fraction of sp³-hybridized carbons (Fsp3) is 0.500. The van der Waals surface area contributed by atoms with Gasteiger partial charge in [-0.1, -0.05) is 0 Å². The van der Waals surface area contributed by atoms with E-state index in [0.717, 1.165) is 0 Å². The van der Waals surface area contributed by atoms with E-state index in [1.807, 2.05) is 0 Å². The second-order valence-corrected chi connectivity index (χ2v) is 6.25. The number of amides is 1. The van der Waals surface area contributed by atoms with Gasteiger partial charge in [-0.3, -0.25) is 19.2 Å². The van der Waals surface area contributed by atoms with Crippen molar-refractivity contribution in [2.45, 2.75) is 45.3 Å². The van der Waals surface area contributed by atoms with Gasteiger partial charge in [-0.15, -0.1) is 4.57 Å². The first-order chi connectivity index (χ1) is 13.6. The van der Waals surface area contributed by atoms with Crippen LogP contribution in [0, 0.1) is 0 Å². The minimum Gasteiger partial charge on any atom is -0.463 e. The number of carbonyl (C=O) groups is 4. The van der Waals surface area contributed by atoms with Gasteiger partial charge >= 0.3 is 30.0 Å². The summed E-state index contributed by atoms with van der Waals surface area (Å²) in [6.45, 7) is 3.33. The van der Waals surface area contributed by atoms with E-state index in [1.54, 1.807) is 0 Å². The molecule has 1 aliphatic heterocycles. The molecule has 1 aromatic heterocycles. The van der Waals surface area contributed by atoms with Crippen LogP contribution >= 0.6 is 0 Å². The van der Waals surface area contributed by atoms with Gasteiger partial charge in [-0.05, 0) is 6.07 Å². The maximum absolute atomic E-state index is 11.7. The van der Waals surface area contributed by atoms with Crippen LogP contribution in [0.3, 0.4) is 0 Å². The quantitative estimate of drug-likeness (QED) is 0.353. The first-order valence-corrected chi connectivity index (χ1v) is 8.66. The molecule has 0 bridgehead atoms. The summed E-state index contributed by atoms with van der Waals surface area (Å²) in [6.07, 6.45) is -2.82. The van der Waals surface area contributed by atoms with Crippen molar-refractivity contribution in [2.75, 3.05) is 13.7 Å². The number of methoxy groups -OCH3 is 1. The van der Waals surface area contributed by atoms with E-state index in [2.05, 4.69) is 0 Å². The maximum Gasteiger partial charge on any atom is 0.369 e. The molecular weight excluding hydrogens is 388 g/mol. The molecule has 29 heavy (non-hydrogen) atoms. The number of carbonyl (C=O) groups excluding carboxylic acids is 4. The molecule has 158 valence electrons. The van der Waals surface area contributed by atoms with E-state index < -0.39 is 48.4 Å². The second-order valence-electron chi connectivity index (χ2n) is 6.25. The largest absolute Gasteiger partial charge is 0.463 e. The summed E-state index contributed by atoms with van der Waals surface area (Å²) < 4.78 is 28.2. The van der Waals surface area contributed by atoms with Crippen molar-refractivity contribution in [3.05, 3.63) is 23.9 Å². The van der Waals surface area contributed by atoms with Gasteiger partial charge in [-0.25, -0.2) is 0 Å². The van der Waals surface area contributed by atoms with Crippen LogP contribution < -0.4 is 15.0 Å². The van der Waals surface area contributed by atoms with Gasteiger partial charge < -0.3 is 29.4 Å². The maximum atomic E-state index is 11.7. The van der Waals surface area contributed by atoms with Crippen LogP contribution in [0.5, 0.6) is 5.88 Å². The molecule has 1 aliphatic rings. The molecule has 4 unspecified atom stereocenters. The van der Waals surface area contributed by atoms with Crippen LogP contribution in [0.2, 0.25) is 0 Å². The Kier molecular flexibility index (Phi) is 7.10. The Bertz CT molecular complexity index is 811. The molecule has 0 saturated carbocycles. The summed E-state index contributed by atoms with van der Waals surface area (Å²) in [6, 6.07) is 2.93. The van der Waals surface area contributed by atoms with Gasteiger partial charge in [0, 0.05) is 20.8 Å². The van der Waals surface area contributed by atoms with E-state index in [9.17, 15) is 19.2 Å². The minimum atomic E-state index is -1.11. The number of esters is 3. The molecule has 0 aromatic carbocycles. The molecule has 11 nitrogen and oxygen atoms in total. The number of nitrogens with two attached hydrogens (primary N) is 1. The zero-order valence-corrected chi connectivity index (χ0v) is 16.4.